The quantitative estimate of drug-likeness (QED) is 0.777. The monoisotopic (exact) mass is 328 g/mol. The van der Waals surface area contributed by atoms with Crippen LogP contribution in [0.15, 0.2) is 31.0 Å². The molecule has 0 spiro atoms. The summed E-state index contributed by atoms with van der Waals surface area (Å²) in [6, 6.07) is 1.65. The molecular formula is C11H9BrN2O3S. The zero-order valence-electron chi connectivity index (χ0n) is 9.64. The third kappa shape index (κ3) is 2.11. The molecule has 2 aromatic rings. The molecule has 0 unspecified atom stereocenters. The Bertz CT molecular complexity index is 741. The molecule has 0 aliphatic rings. The van der Waals surface area contributed by atoms with Crippen molar-refractivity contribution < 1.29 is 4.79 Å². The van der Waals surface area contributed by atoms with Gasteiger partial charge in [-0.2, -0.15) is 0 Å². The molecule has 0 aliphatic carbocycles. The van der Waals surface area contributed by atoms with Crippen LogP contribution in [-0.4, -0.2) is 14.9 Å². The molecule has 0 N–H and O–H groups in total. The first-order chi connectivity index (χ1) is 8.41. The van der Waals surface area contributed by atoms with Crippen molar-refractivity contribution in [1.82, 2.24) is 9.13 Å². The van der Waals surface area contributed by atoms with Crippen molar-refractivity contribution >= 4 is 33.0 Å². The molecule has 2 rings (SSSR count). The maximum atomic E-state index is 12.2. The fourth-order valence-corrected chi connectivity index (χ4v) is 2.69. The Morgan fingerprint density at radius 1 is 1.33 bits per heavy atom. The SMILES string of the molecule is Cn1cc(C(=O)c2csc(Br)c2)c(=O)n(C)c1=O. The highest BCUT2D eigenvalue weighted by molar-refractivity contribution is 9.11. The van der Waals surface area contributed by atoms with Crippen molar-refractivity contribution in [1.29, 1.82) is 0 Å². The van der Waals surface area contributed by atoms with Crippen LogP contribution in [0, 0.1) is 0 Å². The van der Waals surface area contributed by atoms with Crippen LogP contribution in [0.25, 0.3) is 0 Å². The third-order valence-electron chi connectivity index (χ3n) is 2.52. The van der Waals surface area contributed by atoms with Gasteiger partial charge in [0.05, 0.1) is 3.79 Å². The standard InChI is InChI=1S/C11H9BrN2O3S/c1-13-4-7(10(16)14(2)11(13)17)9(15)6-3-8(12)18-5-6/h3-5H,1-2H3. The summed E-state index contributed by atoms with van der Waals surface area (Å²) in [6.45, 7) is 0. The van der Waals surface area contributed by atoms with E-state index in [1.54, 1.807) is 11.4 Å². The van der Waals surface area contributed by atoms with E-state index in [0.29, 0.717) is 5.56 Å². The van der Waals surface area contributed by atoms with Gasteiger partial charge >= 0.3 is 5.69 Å². The second-order valence-electron chi connectivity index (χ2n) is 3.77. The predicted molar refractivity (Wildman–Crippen MR) is 72.4 cm³/mol. The third-order valence-corrected chi connectivity index (χ3v) is 4.03. The fraction of sp³-hybridized carbons (Fsp3) is 0.182. The minimum Gasteiger partial charge on any atom is -0.303 e. The Labute approximate surface area is 114 Å². The number of rotatable bonds is 2. The summed E-state index contributed by atoms with van der Waals surface area (Å²) in [5, 5.41) is 1.66. The highest BCUT2D eigenvalue weighted by Crippen LogP contribution is 2.21. The van der Waals surface area contributed by atoms with E-state index in [4.69, 9.17) is 0 Å². The fourth-order valence-electron chi connectivity index (χ4n) is 1.55. The number of aryl methyl sites for hydroxylation is 1. The summed E-state index contributed by atoms with van der Waals surface area (Å²) in [6.07, 6.45) is 1.28. The van der Waals surface area contributed by atoms with Crippen molar-refractivity contribution in [3.63, 3.8) is 0 Å². The van der Waals surface area contributed by atoms with Crippen molar-refractivity contribution in [2.75, 3.05) is 0 Å². The molecule has 18 heavy (non-hydrogen) atoms. The maximum absolute atomic E-state index is 12.2. The van der Waals surface area contributed by atoms with E-state index in [1.165, 1.54) is 36.2 Å². The van der Waals surface area contributed by atoms with Gasteiger partial charge in [0, 0.05) is 31.2 Å². The van der Waals surface area contributed by atoms with Gasteiger partial charge in [0.2, 0.25) is 5.78 Å². The van der Waals surface area contributed by atoms with Crippen molar-refractivity contribution in [3.05, 3.63) is 53.4 Å². The zero-order chi connectivity index (χ0) is 13.4. The summed E-state index contributed by atoms with van der Waals surface area (Å²) in [5.41, 5.74) is -0.610. The predicted octanol–water partition coefficient (Wildman–Crippen LogP) is 1.14. The molecule has 2 heterocycles. The van der Waals surface area contributed by atoms with Gasteiger partial charge in [0.25, 0.3) is 5.56 Å². The number of hydrogen-bond acceptors (Lipinski definition) is 4. The highest BCUT2D eigenvalue weighted by atomic mass is 79.9. The van der Waals surface area contributed by atoms with Gasteiger partial charge in [0.1, 0.15) is 5.56 Å². The molecule has 0 bridgehead atoms. The van der Waals surface area contributed by atoms with Gasteiger partial charge in [-0.25, -0.2) is 4.79 Å². The van der Waals surface area contributed by atoms with Crippen LogP contribution in [-0.2, 0) is 14.1 Å². The van der Waals surface area contributed by atoms with Crippen LogP contribution in [0.3, 0.4) is 0 Å². The molecule has 5 nitrogen and oxygen atoms in total. The molecule has 2 aromatic heterocycles. The molecule has 7 heteroatoms. The van der Waals surface area contributed by atoms with E-state index in [9.17, 15) is 14.4 Å². The first kappa shape index (κ1) is 13.0. The van der Waals surface area contributed by atoms with Crippen molar-refractivity contribution in [2.45, 2.75) is 0 Å². The minimum atomic E-state index is -0.578. The van der Waals surface area contributed by atoms with Gasteiger partial charge in [-0.15, -0.1) is 11.3 Å². The molecule has 0 amide bonds. The van der Waals surface area contributed by atoms with Crippen LogP contribution in [0.1, 0.15) is 15.9 Å². The van der Waals surface area contributed by atoms with Gasteiger partial charge in [0.15, 0.2) is 0 Å². The summed E-state index contributed by atoms with van der Waals surface area (Å²) >= 11 is 4.62. The van der Waals surface area contributed by atoms with E-state index in [0.717, 1.165) is 8.35 Å². The normalized spacial score (nSPS) is 10.6. The number of thiophene rings is 1. The van der Waals surface area contributed by atoms with E-state index < -0.39 is 11.2 Å². The summed E-state index contributed by atoms with van der Waals surface area (Å²) < 4.78 is 2.96. The summed E-state index contributed by atoms with van der Waals surface area (Å²) in [4.78, 5) is 35.6. The Morgan fingerprint density at radius 3 is 2.56 bits per heavy atom. The highest BCUT2D eigenvalue weighted by Gasteiger charge is 2.17. The number of ketones is 1. The number of halogens is 1. The largest absolute Gasteiger partial charge is 0.330 e. The Morgan fingerprint density at radius 2 is 2.00 bits per heavy atom. The molecule has 0 atom stereocenters. The van der Waals surface area contributed by atoms with Gasteiger partial charge in [-0.3, -0.25) is 14.2 Å². The molecule has 0 radical (unpaired) electrons. The lowest BCUT2D eigenvalue weighted by Gasteiger charge is -2.04. The molecule has 0 aromatic carbocycles. The Kier molecular flexibility index (Phi) is 3.36. The lowest BCUT2D eigenvalue weighted by molar-refractivity contribution is 0.103. The molecule has 0 aliphatic heterocycles. The van der Waals surface area contributed by atoms with Crippen LogP contribution >= 0.6 is 27.3 Å². The zero-order valence-corrected chi connectivity index (χ0v) is 12.0. The summed E-state index contributed by atoms with van der Waals surface area (Å²) in [5.74, 6) is -0.381. The Balaban J connectivity index is 2.63. The minimum absolute atomic E-state index is 0.00935. The molecule has 94 valence electrons. The van der Waals surface area contributed by atoms with Crippen LogP contribution < -0.4 is 11.2 Å². The van der Waals surface area contributed by atoms with Crippen LogP contribution in [0.2, 0.25) is 0 Å². The molecule has 0 saturated carbocycles. The van der Waals surface area contributed by atoms with Crippen molar-refractivity contribution in [3.8, 4) is 0 Å². The lowest BCUT2D eigenvalue weighted by Crippen LogP contribution is -2.39. The van der Waals surface area contributed by atoms with Gasteiger partial charge in [-0.1, -0.05) is 0 Å². The lowest BCUT2D eigenvalue weighted by atomic mass is 10.1. The van der Waals surface area contributed by atoms with E-state index in [1.807, 2.05) is 0 Å². The number of hydrogen-bond donors (Lipinski definition) is 0. The second-order valence-corrected chi connectivity index (χ2v) is 6.06. The van der Waals surface area contributed by atoms with Crippen LogP contribution in [0.5, 0.6) is 0 Å². The summed E-state index contributed by atoms with van der Waals surface area (Å²) in [7, 11) is 2.85. The van der Waals surface area contributed by atoms with Crippen molar-refractivity contribution in [2.24, 2.45) is 14.1 Å². The second kappa shape index (κ2) is 4.66. The van der Waals surface area contributed by atoms with Gasteiger partial charge < -0.3 is 4.57 Å². The maximum Gasteiger partial charge on any atom is 0.330 e. The first-order valence-corrected chi connectivity index (χ1v) is 6.64. The average Bonchev–Trinajstić information content (AvgIpc) is 2.77. The van der Waals surface area contributed by atoms with E-state index in [2.05, 4.69) is 15.9 Å². The number of nitrogens with zero attached hydrogens (tertiary/aromatic N) is 2. The average molecular weight is 329 g/mol. The Hall–Kier alpha value is -1.47. The van der Waals surface area contributed by atoms with E-state index in [-0.39, 0.29) is 11.3 Å². The van der Waals surface area contributed by atoms with Gasteiger partial charge in [-0.05, 0) is 22.0 Å². The smallest absolute Gasteiger partial charge is 0.303 e. The molecular weight excluding hydrogens is 320 g/mol. The number of carbonyl (C=O) groups excluding carboxylic acids is 1. The number of carbonyl (C=O) groups is 1. The number of aromatic nitrogens is 2. The molecule has 0 fully saturated rings. The topological polar surface area (TPSA) is 61.1 Å². The van der Waals surface area contributed by atoms with Crippen LogP contribution in [0.4, 0.5) is 0 Å². The van der Waals surface area contributed by atoms with E-state index >= 15 is 0 Å². The molecule has 0 saturated heterocycles. The first-order valence-electron chi connectivity index (χ1n) is 4.97.